The fourth-order valence-corrected chi connectivity index (χ4v) is 9.19. The number of nitrogens with one attached hydrogen (secondary N) is 1. The first kappa shape index (κ1) is 44.0. The molecule has 1 unspecified atom stereocenters. The van der Waals surface area contributed by atoms with Crippen LogP contribution in [-0.4, -0.2) is 102 Å². The number of carbonyl (C=O) groups excluding carboxylic acids is 1. The molecule has 5 heterocycles. The number of nitrogens with zero attached hydrogens (tertiary/aromatic N) is 5. The van der Waals surface area contributed by atoms with Gasteiger partial charge in [0.05, 0.1) is 32.1 Å². The van der Waals surface area contributed by atoms with E-state index in [0.717, 1.165) is 69.5 Å². The molecule has 16 heteroatoms. The molecule has 1 fully saturated rings. The van der Waals surface area contributed by atoms with Gasteiger partial charge in [0.2, 0.25) is 0 Å². The van der Waals surface area contributed by atoms with Crippen molar-refractivity contribution in [3.63, 3.8) is 0 Å². The van der Waals surface area contributed by atoms with Gasteiger partial charge in [-0.15, -0.1) is 11.3 Å². The van der Waals surface area contributed by atoms with E-state index in [4.69, 9.17) is 30.8 Å². The summed E-state index contributed by atoms with van der Waals surface area (Å²) < 4.78 is 33.2. The number of hydrogen-bond acceptors (Lipinski definition) is 12. The van der Waals surface area contributed by atoms with E-state index in [2.05, 4.69) is 40.9 Å². The van der Waals surface area contributed by atoms with Gasteiger partial charge >= 0.3 is 11.9 Å². The van der Waals surface area contributed by atoms with E-state index in [1.165, 1.54) is 42.8 Å². The van der Waals surface area contributed by atoms with Crippen LogP contribution in [-0.2, 0) is 16.0 Å². The van der Waals surface area contributed by atoms with Crippen LogP contribution in [0.25, 0.3) is 11.3 Å². The molecule has 2 aromatic carbocycles. The number of aromatic nitrogens is 2. The molecule has 4 aromatic rings. The Morgan fingerprint density at radius 2 is 1.77 bits per heavy atom. The number of rotatable bonds is 15. The van der Waals surface area contributed by atoms with Crippen LogP contribution in [0.1, 0.15) is 85.0 Å². The highest BCUT2D eigenvalue weighted by Crippen LogP contribution is 2.46. The number of halogens is 2. The second-order valence-electron chi connectivity index (χ2n) is 16.7. The third-order valence-corrected chi connectivity index (χ3v) is 12.7. The van der Waals surface area contributed by atoms with Gasteiger partial charge in [0.1, 0.15) is 17.4 Å². The predicted octanol–water partition coefficient (Wildman–Crippen LogP) is 7.39. The van der Waals surface area contributed by atoms with Gasteiger partial charge in [0.25, 0.3) is 0 Å². The highest BCUT2D eigenvalue weighted by atomic mass is 35.5. The number of pyridine rings is 1. The number of esters is 1. The minimum Gasteiger partial charge on any atom is -0.493 e. The molecule has 0 spiro atoms. The molecule has 7 rings (SSSR count). The number of piperazine rings is 1. The maximum absolute atomic E-state index is 14.0. The molecule has 3 aliphatic rings. The Bertz CT molecular complexity index is 2390. The standard InChI is InChI=1S/C45H52ClFN6O7S/c1-45(2,3)38-21-27-20-37(36(58-4)23-30(27)34-24-35(54)31(43(55)56)25-53(34)38)60-18-9-7-6-8-13-51-14-16-52(17-15-51)26-33-39(44(57)59-5)40(29-11-10-28(47)22-32(29)46)50-41(49-33)42-48-12-19-61-42/h10-12,19-20,22-25,38,40H,6-9,13-18,21,26H2,1-5H3,(H,49,50)(H,55,56)/t38?,40-/m0/s1. The van der Waals surface area contributed by atoms with Gasteiger partial charge in [-0.3, -0.25) is 14.7 Å². The Morgan fingerprint density at radius 1 is 1.02 bits per heavy atom. The first-order chi connectivity index (χ1) is 29.2. The Kier molecular flexibility index (Phi) is 13.6. The number of ether oxygens (including phenoxy) is 3. The lowest BCUT2D eigenvalue weighted by atomic mass is 9.78. The van der Waals surface area contributed by atoms with Gasteiger partial charge in [-0.05, 0) is 61.1 Å². The van der Waals surface area contributed by atoms with Crippen LogP contribution in [0.2, 0.25) is 5.02 Å². The summed E-state index contributed by atoms with van der Waals surface area (Å²) in [6.07, 6.45) is 7.85. The highest BCUT2D eigenvalue weighted by molar-refractivity contribution is 7.11. The quantitative estimate of drug-likeness (QED) is 0.0911. The molecule has 1 saturated heterocycles. The Balaban J connectivity index is 0.913. The summed E-state index contributed by atoms with van der Waals surface area (Å²) >= 11 is 7.94. The average molecular weight is 875 g/mol. The normalized spacial score (nSPS) is 18.2. The van der Waals surface area contributed by atoms with Gasteiger partial charge in [0.15, 0.2) is 27.8 Å². The third kappa shape index (κ3) is 9.85. The Morgan fingerprint density at radius 3 is 2.44 bits per heavy atom. The van der Waals surface area contributed by atoms with E-state index in [-0.39, 0.29) is 22.0 Å². The molecule has 2 N–H and O–H groups in total. The molecule has 324 valence electrons. The van der Waals surface area contributed by atoms with Crippen molar-refractivity contribution in [1.82, 2.24) is 24.7 Å². The summed E-state index contributed by atoms with van der Waals surface area (Å²) in [4.78, 5) is 52.0. The first-order valence-electron chi connectivity index (χ1n) is 20.5. The van der Waals surface area contributed by atoms with E-state index in [1.54, 1.807) is 19.4 Å². The van der Waals surface area contributed by atoms with Crippen molar-refractivity contribution in [2.24, 2.45) is 10.4 Å². The number of fused-ring (bicyclic) bond motifs is 3. The number of methoxy groups -OCH3 is 2. The fourth-order valence-electron chi connectivity index (χ4n) is 8.33. The topological polar surface area (TPSA) is 148 Å². The zero-order chi connectivity index (χ0) is 43.4. The fraction of sp³-hybridized carbons (Fsp3) is 0.444. The molecular formula is C45H52ClFN6O7S. The zero-order valence-corrected chi connectivity index (χ0v) is 36.7. The molecular weight excluding hydrogens is 823 g/mol. The smallest absolute Gasteiger partial charge is 0.341 e. The van der Waals surface area contributed by atoms with Crippen molar-refractivity contribution in [2.75, 3.05) is 60.1 Å². The number of carboxylic acid groups (broad SMARTS) is 1. The third-order valence-electron chi connectivity index (χ3n) is 11.6. The molecule has 0 aliphatic carbocycles. The number of aliphatic imine (C=N–C) groups is 1. The maximum Gasteiger partial charge on any atom is 0.341 e. The van der Waals surface area contributed by atoms with E-state index in [9.17, 15) is 23.9 Å². The van der Waals surface area contributed by atoms with Crippen LogP contribution in [0.5, 0.6) is 11.5 Å². The van der Waals surface area contributed by atoms with Crippen LogP contribution >= 0.6 is 22.9 Å². The Labute approximate surface area is 363 Å². The molecule has 13 nitrogen and oxygen atoms in total. The second-order valence-corrected chi connectivity index (χ2v) is 18.0. The number of benzene rings is 2. The molecule has 61 heavy (non-hydrogen) atoms. The van der Waals surface area contributed by atoms with Crippen LogP contribution in [0.15, 0.2) is 75.2 Å². The van der Waals surface area contributed by atoms with E-state index >= 15 is 0 Å². The number of hydrogen-bond donors (Lipinski definition) is 2. The molecule has 0 radical (unpaired) electrons. The molecule has 0 amide bonds. The lowest BCUT2D eigenvalue weighted by Crippen LogP contribution is -2.49. The van der Waals surface area contributed by atoms with Gasteiger partial charge in [-0.1, -0.05) is 51.3 Å². The summed E-state index contributed by atoms with van der Waals surface area (Å²) in [6, 6.07) is 8.56. The lowest BCUT2D eigenvalue weighted by Gasteiger charge is -2.39. The second kappa shape index (κ2) is 18.9. The van der Waals surface area contributed by atoms with Crippen LogP contribution in [0.3, 0.4) is 0 Å². The van der Waals surface area contributed by atoms with E-state index in [1.807, 2.05) is 22.1 Å². The van der Waals surface area contributed by atoms with E-state index in [0.29, 0.717) is 64.4 Å². The molecule has 2 atom stereocenters. The van der Waals surface area contributed by atoms with Crippen LogP contribution in [0, 0.1) is 11.2 Å². The number of carbonyl (C=O) groups is 2. The van der Waals surface area contributed by atoms with Crippen LogP contribution in [0.4, 0.5) is 4.39 Å². The minimum atomic E-state index is -1.23. The highest BCUT2D eigenvalue weighted by Gasteiger charge is 2.36. The van der Waals surface area contributed by atoms with Crippen molar-refractivity contribution < 1.29 is 33.3 Å². The van der Waals surface area contributed by atoms with E-state index < -0.39 is 29.2 Å². The van der Waals surface area contributed by atoms with Crippen molar-refractivity contribution in [3.8, 4) is 22.8 Å². The van der Waals surface area contributed by atoms with Gasteiger partial charge < -0.3 is 34.1 Å². The maximum atomic E-state index is 14.0. The summed E-state index contributed by atoms with van der Waals surface area (Å²) in [5.41, 5.74) is 3.08. The predicted molar refractivity (Wildman–Crippen MR) is 234 cm³/mol. The summed E-state index contributed by atoms with van der Waals surface area (Å²) in [5.74, 6) is -0.495. The SMILES string of the molecule is COC(=O)C1=C(CN2CCN(CCCCCCOc3cc4c(cc3OC)-c3cc(=O)c(C(=O)O)cn3C(C(C)(C)C)C4)CC2)NC(c2nccs2)=N[C@H]1c1ccc(F)cc1Cl. The van der Waals surface area contributed by atoms with Gasteiger partial charge in [0, 0.05) is 84.5 Å². The monoisotopic (exact) mass is 874 g/mol. The largest absolute Gasteiger partial charge is 0.493 e. The lowest BCUT2D eigenvalue weighted by molar-refractivity contribution is -0.136. The number of aromatic carboxylic acids is 1. The van der Waals surface area contributed by atoms with Crippen molar-refractivity contribution >= 4 is 40.7 Å². The first-order valence-corrected chi connectivity index (χ1v) is 21.8. The minimum absolute atomic E-state index is 0.0667. The van der Waals surface area contributed by atoms with Crippen molar-refractivity contribution in [2.45, 2.75) is 65.0 Å². The van der Waals surface area contributed by atoms with Crippen LogP contribution < -0.4 is 20.2 Å². The number of carboxylic acids is 1. The van der Waals surface area contributed by atoms with Gasteiger partial charge in [-0.25, -0.2) is 19.0 Å². The zero-order valence-electron chi connectivity index (χ0n) is 35.1. The average Bonchev–Trinajstić information content (AvgIpc) is 3.78. The molecule has 0 saturated carbocycles. The number of thiazole rings is 1. The molecule has 0 bridgehead atoms. The number of amidine groups is 1. The molecule has 3 aliphatic heterocycles. The Hall–Kier alpha value is -5.09. The van der Waals surface area contributed by atoms with Gasteiger partial charge in [-0.2, -0.15) is 0 Å². The molecule has 2 aromatic heterocycles. The number of unbranched alkanes of at least 4 members (excludes halogenated alkanes) is 3. The summed E-state index contributed by atoms with van der Waals surface area (Å²) in [5, 5.41) is 15.7. The van der Waals surface area contributed by atoms with Crippen molar-refractivity contribution in [3.05, 3.63) is 108 Å². The van der Waals surface area contributed by atoms with Crippen molar-refractivity contribution in [1.29, 1.82) is 0 Å². The summed E-state index contributed by atoms with van der Waals surface area (Å²) in [6.45, 7) is 11.7. The summed E-state index contributed by atoms with van der Waals surface area (Å²) in [7, 11) is 2.93.